The number of aryl methyl sites for hydroxylation is 1. The molecule has 108 valence electrons. The molecule has 0 aliphatic rings. The van der Waals surface area contributed by atoms with Gasteiger partial charge in [0.25, 0.3) is 11.3 Å². The molecule has 0 aliphatic heterocycles. The van der Waals surface area contributed by atoms with Gasteiger partial charge in [-0.1, -0.05) is 6.92 Å². The van der Waals surface area contributed by atoms with Crippen molar-refractivity contribution in [2.75, 3.05) is 7.11 Å². The zero-order valence-electron chi connectivity index (χ0n) is 12.0. The number of aromatic amines is 1. The molecule has 0 aliphatic carbocycles. The fourth-order valence-electron chi connectivity index (χ4n) is 2.18. The number of hydrogen-bond donors (Lipinski definition) is 1. The van der Waals surface area contributed by atoms with Gasteiger partial charge in [-0.3, -0.25) is 9.89 Å². The summed E-state index contributed by atoms with van der Waals surface area (Å²) in [5, 5.41) is 2.97. The van der Waals surface area contributed by atoms with Crippen molar-refractivity contribution in [3.05, 3.63) is 46.5 Å². The van der Waals surface area contributed by atoms with E-state index >= 15 is 0 Å². The normalized spacial score (nSPS) is 11.0. The average molecular weight is 284 g/mol. The number of aromatic nitrogens is 4. The molecule has 0 amide bonds. The van der Waals surface area contributed by atoms with E-state index in [2.05, 4.69) is 22.0 Å². The highest BCUT2D eigenvalue weighted by Crippen LogP contribution is 2.19. The van der Waals surface area contributed by atoms with Gasteiger partial charge < -0.3 is 4.74 Å². The van der Waals surface area contributed by atoms with E-state index in [9.17, 15) is 4.79 Å². The lowest BCUT2D eigenvalue weighted by molar-refractivity contribution is 0.415. The molecule has 0 saturated heterocycles. The third-order valence-electron chi connectivity index (χ3n) is 3.25. The van der Waals surface area contributed by atoms with Crippen LogP contribution in [0, 0.1) is 0 Å². The van der Waals surface area contributed by atoms with E-state index < -0.39 is 0 Å². The molecule has 6 heteroatoms. The Morgan fingerprint density at radius 1 is 1.24 bits per heavy atom. The number of nitrogens with one attached hydrogen (secondary N) is 1. The minimum atomic E-state index is -0.166. The number of benzene rings is 1. The van der Waals surface area contributed by atoms with Crippen LogP contribution in [0.3, 0.4) is 0 Å². The van der Waals surface area contributed by atoms with Crippen molar-refractivity contribution in [2.24, 2.45) is 0 Å². The highest BCUT2D eigenvalue weighted by molar-refractivity contribution is 5.61. The average Bonchev–Trinajstić information content (AvgIpc) is 2.91. The van der Waals surface area contributed by atoms with Gasteiger partial charge in [0, 0.05) is 18.1 Å². The fourth-order valence-corrected chi connectivity index (χ4v) is 2.18. The first-order valence-electron chi connectivity index (χ1n) is 6.84. The van der Waals surface area contributed by atoms with Crippen LogP contribution >= 0.6 is 0 Å². The number of fused-ring (bicyclic) bond motifs is 1. The number of rotatable bonds is 4. The summed E-state index contributed by atoms with van der Waals surface area (Å²) < 4.78 is 6.50. The quantitative estimate of drug-likeness (QED) is 0.795. The number of hydrogen-bond acceptors (Lipinski definition) is 4. The van der Waals surface area contributed by atoms with Crippen LogP contribution in [0.2, 0.25) is 0 Å². The molecule has 6 nitrogen and oxygen atoms in total. The van der Waals surface area contributed by atoms with Gasteiger partial charge in [0.05, 0.1) is 12.8 Å². The summed E-state index contributed by atoms with van der Waals surface area (Å²) in [6.45, 7) is 2.06. The molecule has 0 bridgehead atoms. The first-order chi connectivity index (χ1) is 10.2. The van der Waals surface area contributed by atoms with E-state index in [1.807, 2.05) is 24.3 Å². The first-order valence-corrected chi connectivity index (χ1v) is 6.84. The van der Waals surface area contributed by atoms with Crippen LogP contribution in [0.4, 0.5) is 0 Å². The van der Waals surface area contributed by atoms with Crippen molar-refractivity contribution in [3.8, 4) is 17.0 Å². The fraction of sp³-hybridized carbons (Fsp3) is 0.267. The van der Waals surface area contributed by atoms with E-state index in [0.29, 0.717) is 11.5 Å². The molecule has 0 radical (unpaired) electrons. The van der Waals surface area contributed by atoms with Gasteiger partial charge in [0.15, 0.2) is 0 Å². The second-order valence-electron chi connectivity index (χ2n) is 4.76. The smallest absolute Gasteiger partial charge is 0.274 e. The molecule has 0 spiro atoms. The van der Waals surface area contributed by atoms with E-state index in [-0.39, 0.29) is 5.56 Å². The zero-order valence-corrected chi connectivity index (χ0v) is 12.0. The summed E-state index contributed by atoms with van der Waals surface area (Å²) in [6.07, 6.45) is 1.75. The standard InChI is InChI=1S/C15H16N4O2/c1-3-4-13-17-15-16-12(9-14(20)19(15)18-13)10-5-7-11(21-2)8-6-10/h5-9H,3-4H2,1-2H3,(H,16,17,18). The predicted molar refractivity (Wildman–Crippen MR) is 79.6 cm³/mol. The Kier molecular flexibility index (Phi) is 3.43. The Bertz CT molecular complexity index is 818. The largest absolute Gasteiger partial charge is 0.497 e. The van der Waals surface area contributed by atoms with Gasteiger partial charge >= 0.3 is 0 Å². The minimum absolute atomic E-state index is 0.166. The molecule has 0 saturated carbocycles. The van der Waals surface area contributed by atoms with Gasteiger partial charge in [-0.05, 0) is 30.7 Å². The van der Waals surface area contributed by atoms with Crippen LogP contribution < -0.4 is 10.3 Å². The molecule has 0 unspecified atom stereocenters. The molecular weight excluding hydrogens is 268 g/mol. The maximum absolute atomic E-state index is 12.1. The van der Waals surface area contributed by atoms with Crippen LogP contribution in [-0.4, -0.2) is 26.7 Å². The minimum Gasteiger partial charge on any atom is -0.497 e. The predicted octanol–water partition coefficient (Wildman–Crippen LogP) is 2.05. The monoisotopic (exact) mass is 284 g/mol. The Labute approximate surface area is 121 Å². The van der Waals surface area contributed by atoms with Crippen LogP contribution in [-0.2, 0) is 6.42 Å². The van der Waals surface area contributed by atoms with Crippen molar-refractivity contribution in [2.45, 2.75) is 19.8 Å². The SMILES string of the molecule is CCCc1nc2nc(-c3ccc(OC)cc3)cc(=O)n2[nH]1. The van der Waals surface area contributed by atoms with Crippen LogP contribution in [0.1, 0.15) is 19.2 Å². The Hall–Kier alpha value is -2.63. The van der Waals surface area contributed by atoms with Crippen LogP contribution in [0.5, 0.6) is 5.75 Å². The molecule has 2 heterocycles. The first kappa shape index (κ1) is 13.4. The van der Waals surface area contributed by atoms with E-state index in [1.165, 1.54) is 10.6 Å². The zero-order chi connectivity index (χ0) is 14.8. The summed E-state index contributed by atoms with van der Waals surface area (Å²) in [6, 6.07) is 8.92. The van der Waals surface area contributed by atoms with Crippen LogP contribution in [0.25, 0.3) is 17.0 Å². The van der Waals surface area contributed by atoms with Crippen molar-refractivity contribution >= 4 is 5.78 Å². The molecular formula is C15H16N4O2. The van der Waals surface area contributed by atoms with Crippen molar-refractivity contribution < 1.29 is 4.74 Å². The van der Waals surface area contributed by atoms with Crippen molar-refractivity contribution in [3.63, 3.8) is 0 Å². The van der Waals surface area contributed by atoms with E-state index in [0.717, 1.165) is 30.0 Å². The van der Waals surface area contributed by atoms with Crippen molar-refractivity contribution in [1.29, 1.82) is 0 Å². The Morgan fingerprint density at radius 3 is 2.67 bits per heavy atom. The Morgan fingerprint density at radius 2 is 2.00 bits per heavy atom. The molecule has 1 N–H and O–H groups in total. The highest BCUT2D eigenvalue weighted by atomic mass is 16.5. The molecule has 2 aromatic heterocycles. The summed E-state index contributed by atoms with van der Waals surface area (Å²) in [4.78, 5) is 20.9. The summed E-state index contributed by atoms with van der Waals surface area (Å²) >= 11 is 0. The number of nitrogens with zero attached hydrogens (tertiary/aromatic N) is 3. The van der Waals surface area contributed by atoms with Crippen LogP contribution in [0.15, 0.2) is 35.1 Å². The highest BCUT2D eigenvalue weighted by Gasteiger charge is 2.09. The van der Waals surface area contributed by atoms with Gasteiger partial charge in [0.1, 0.15) is 11.6 Å². The molecule has 0 fully saturated rings. The molecule has 21 heavy (non-hydrogen) atoms. The summed E-state index contributed by atoms with van der Waals surface area (Å²) in [7, 11) is 1.62. The number of ether oxygens (including phenoxy) is 1. The molecule has 3 aromatic rings. The van der Waals surface area contributed by atoms with Gasteiger partial charge in [0.2, 0.25) is 0 Å². The topological polar surface area (TPSA) is 72.3 Å². The van der Waals surface area contributed by atoms with E-state index in [4.69, 9.17) is 4.74 Å². The molecule has 3 rings (SSSR count). The third kappa shape index (κ3) is 2.52. The second kappa shape index (κ2) is 5.40. The van der Waals surface area contributed by atoms with E-state index in [1.54, 1.807) is 7.11 Å². The lowest BCUT2D eigenvalue weighted by Gasteiger charge is -2.02. The maximum Gasteiger partial charge on any atom is 0.274 e. The van der Waals surface area contributed by atoms with Gasteiger partial charge in [-0.2, -0.15) is 9.50 Å². The lowest BCUT2D eigenvalue weighted by Crippen LogP contribution is -2.14. The molecule has 1 aromatic carbocycles. The number of H-pyrrole nitrogens is 1. The lowest BCUT2D eigenvalue weighted by atomic mass is 10.1. The summed E-state index contributed by atoms with van der Waals surface area (Å²) in [5.41, 5.74) is 1.30. The molecule has 0 atom stereocenters. The second-order valence-corrected chi connectivity index (χ2v) is 4.76. The van der Waals surface area contributed by atoms with Gasteiger partial charge in [-0.25, -0.2) is 4.98 Å². The Balaban J connectivity index is 2.08. The third-order valence-corrected chi connectivity index (χ3v) is 3.25. The van der Waals surface area contributed by atoms with Gasteiger partial charge in [-0.15, -0.1) is 0 Å². The maximum atomic E-state index is 12.1. The van der Waals surface area contributed by atoms with Crippen molar-refractivity contribution in [1.82, 2.24) is 19.6 Å². The summed E-state index contributed by atoms with van der Waals surface area (Å²) in [5.74, 6) is 1.94. The number of methoxy groups -OCH3 is 1.